The van der Waals surface area contributed by atoms with Crippen LogP contribution in [-0.4, -0.2) is 9.97 Å². The maximum Gasteiger partial charge on any atom is 0.110 e. The average Bonchev–Trinajstić information content (AvgIpc) is 3.06. The predicted octanol–water partition coefficient (Wildman–Crippen LogP) is 3.43. The first-order valence-electron chi connectivity index (χ1n) is 6.52. The third kappa shape index (κ3) is 2.41. The fourth-order valence-corrected chi connectivity index (χ4v) is 3.18. The summed E-state index contributed by atoms with van der Waals surface area (Å²) in [6.07, 6.45) is 3.84. The summed E-state index contributed by atoms with van der Waals surface area (Å²) >= 11 is 1.66. The summed E-state index contributed by atoms with van der Waals surface area (Å²) in [7, 11) is 0. The molecule has 0 saturated carbocycles. The molecule has 1 aromatic carbocycles. The van der Waals surface area contributed by atoms with Gasteiger partial charge < -0.3 is 10.7 Å². The Morgan fingerprint density at radius 2 is 2.21 bits per heavy atom. The molecule has 19 heavy (non-hydrogen) atoms. The third-order valence-electron chi connectivity index (χ3n) is 3.36. The normalized spacial score (nSPS) is 12.9. The van der Waals surface area contributed by atoms with Gasteiger partial charge in [0.05, 0.1) is 11.7 Å². The molecule has 3 N–H and O–H groups in total. The summed E-state index contributed by atoms with van der Waals surface area (Å²) < 4.78 is 0. The first-order chi connectivity index (χ1) is 9.28. The van der Waals surface area contributed by atoms with Crippen molar-refractivity contribution in [3.8, 4) is 0 Å². The SMILES string of the molecule is CCc1csc(C(N)Cc2c[nH]c3ccccc23)n1. The van der Waals surface area contributed by atoms with Crippen molar-refractivity contribution in [3.05, 3.63) is 52.1 Å². The number of aromatic nitrogens is 2. The molecule has 1 unspecified atom stereocenters. The molecule has 0 saturated heterocycles. The molecule has 98 valence electrons. The predicted molar refractivity (Wildman–Crippen MR) is 80.4 cm³/mol. The smallest absolute Gasteiger partial charge is 0.110 e. The van der Waals surface area contributed by atoms with Gasteiger partial charge in [-0.15, -0.1) is 11.3 Å². The van der Waals surface area contributed by atoms with Crippen LogP contribution in [-0.2, 0) is 12.8 Å². The van der Waals surface area contributed by atoms with E-state index in [4.69, 9.17) is 5.73 Å². The Hall–Kier alpha value is -1.65. The van der Waals surface area contributed by atoms with Crippen molar-refractivity contribution in [2.75, 3.05) is 0 Å². The molecule has 3 rings (SSSR count). The summed E-state index contributed by atoms with van der Waals surface area (Å²) in [4.78, 5) is 7.86. The molecule has 0 radical (unpaired) electrons. The third-order valence-corrected chi connectivity index (χ3v) is 4.39. The highest BCUT2D eigenvalue weighted by Gasteiger charge is 2.13. The Morgan fingerprint density at radius 1 is 1.37 bits per heavy atom. The van der Waals surface area contributed by atoms with Crippen LogP contribution in [0.25, 0.3) is 10.9 Å². The number of para-hydroxylation sites is 1. The van der Waals surface area contributed by atoms with Gasteiger partial charge in [-0.05, 0) is 24.5 Å². The van der Waals surface area contributed by atoms with E-state index in [2.05, 4.69) is 46.7 Å². The van der Waals surface area contributed by atoms with Crippen molar-refractivity contribution in [2.45, 2.75) is 25.8 Å². The van der Waals surface area contributed by atoms with Gasteiger partial charge in [0, 0.05) is 22.5 Å². The zero-order valence-electron chi connectivity index (χ0n) is 10.9. The van der Waals surface area contributed by atoms with Crippen LogP contribution >= 0.6 is 11.3 Å². The summed E-state index contributed by atoms with van der Waals surface area (Å²) in [5.74, 6) is 0. The molecular formula is C15H17N3S. The van der Waals surface area contributed by atoms with Gasteiger partial charge in [-0.2, -0.15) is 0 Å². The number of hydrogen-bond donors (Lipinski definition) is 2. The molecule has 0 aliphatic carbocycles. The van der Waals surface area contributed by atoms with E-state index in [1.54, 1.807) is 11.3 Å². The fourth-order valence-electron chi connectivity index (χ4n) is 2.28. The van der Waals surface area contributed by atoms with Crippen LogP contribution in [0, 0.1) is 0 Å². The number of benzene rings is 1. The van der Waals surface area contributed by atoms with Crippen molar-refractivity contribution in [2.24, 2.45) is 5.73 Å². The van der Waals surface area contributed by atoms with E-state index in [0.717, 1.165) is 29.1 Å². The van der Waals surface area contributed by atoms with E-state index in [0.29, 0.717) is 0 Å². The lowest BCUT2D eigenvalue weighted by atomic mass is 10.1. The molecule has 0 bridgehead atoms. The molecule has 0 aliphatic heterocycles. The monoisotopic (exact) mass is 271 g/mol. The van der Waals surface area contributed by atoms with Gasteiger partial charge in [-0.3, -0.25) is 0 Å². The first kappa shape index (κ1) is 12.4. The van der Waals surface area contributed by atoms with Crippen LogP contribution in [0.5, 0.6) is 0 Å². The van der Waals surface area contributed by atoms with Crippen molar-refractivity contribution < 1.29 is 0 Å². The minimum absolute atomic E-state index is 0.0236. The highest BCUT2D eigenvalue weighted by atomic mass is 32.1. The number of aryl methyl sites for hydroxylation is 1. The molecule has 1 atom stereocenters. The number of thiazole rings is 1. The van der Waals surface area contributed by atoms with E-state index in [1.165, 1.54) is 10.9 Å². The quantitative estimate of drug-likeness (QED) is 0.764. The summed E-state index contributed by atoms with van der Waals surface area (Å²) in [6, 6.07) is 8.29. The average molecular weight is 271 g/mol. The number of nitrogens with one attached hydrogen (secondary N) is 1. The van der Waals surface area contributed by atoms with E-state index < -0.39 is 0 Å². The maximum atomic E-state index is 6.28. The second-order valence-corrected chi connectivity index (χ2v) is 5.59. The molecule has 0 spiro atoms. The minimum atomic E-state index is -0.0236. The fraction of sp³-hybridized carbons (Fsp3) is 0.267. The Morgan fingerprint density at radius 3 is 3.00 bits per heavy atom. The minimum Gasteiger partial charge on any atom is -0.361 e. The molecule has 0 amide bonds. The van der Waals surface area contributed by atoms with Crippen LogP contribution in [0.1, 0.15) is 29.2 Å². The maximum absolute atomic E-state index is 6.28. The molecule has 0 aliphatic rings. The van der Waals surface area contributed by atoms with Crippen molar-refractivity contribution in [3.63, 3.8) is 0 Å². The zero-order valence-corrected chi connectivity index (χ0v) is 11.7. The molecule has 0 fully saturated rings. The van der Waals surface area contributed by atoms with Crippen LogP contribution in [0.15, 0.2) is 35.8 Å². The Kier molecular flexibility index (Phi) is 3.36. The Balaban J connectivity index is 1.84. The van der Waals surface area contributed by atoms with Gasteiger partial charge in [-0.25, -0.2) is 4.98 Å². The number of aromatic amines is 1. The molecule has 4 heteroatoms. The number of rotatable bonds is 4. The molecule has 3 nitrogen and oxygen atoms in total. The highest BCUT2D eigenvalue weighted by Crippen LogP contribution is 2.24. The van der Waals surface area contributed by atoms with E-state index in [1.807, 2.05) is 6.07 Å². The molecular weight excluding hydrogens is 254 g/mol. The lowest BCUT2D eigenvalue weighted by Gasteiger charge is -2.07. The van der Waals surface area contributed by atoms with Gasteiger partial charge in [0.2, 0.25) is 0 Å². The first-order valence-corrected chi connectivity index (χ1v) is 7.40. The highest BCUT2D eigenvalue weighted by molar-refractivity contribution is 7.09. The molecule has 2 aromatic heterocycles. The topological polar surface area (TPSA) is 54.7 Å². The van der Waals surface area contributed by atoms with Gasteiger partial charge in [0.25, 0.3) is 0 Å². The lowest BCUT2D eigenvalue weighted by Crippen LogP contribution is -2.13. The van der Waals surface area contributed by atoms with E-state index in [-0.39, 0.29) is 6.04 Å². The van der Waals surface area contributed by atoms with Gasteiger partial charge >= 0.3 is 0 Å². The summed E-state index contributed by atoms with van der Waals surface area (Å²) in [6.45, 7) is 2.12. The second-order valence-electron chi connectivity index (χ2n) is 4.70. The van der Waals surface area contributed by atoms with Crippen LogP contribution in [0.2, 0.25) is 0 Å². The second kappa shape index (κ2) is 5.15. The lowest BCUT2D eigenvalue weighted by molar-refractivity contribution is 0.714. The number of nitrogens with two attached hydrogens (primary N) is 1. The van der Waals surface area contributed by atoms with Gasteiger partial charge in [0.1, 0.15) is 5.01 Å². The van der Waals surface area contributed by atoms with Crippen LogP contribution in [0.3, 0.4) is 0 Å². The Labute approximate surface area is 116 Å². The zero-order chi connectivity index (χ0) is 13.2. The Bertz CT molecular complexity index is 683. The largest absolute Gasteiger partial charge is 0.361 e. The molecule has 2 heterocycles. The van der Waals surface area contributed by atoms with Crippen molar-refractivity contribution in [1.82, 2.24) is 9.97 Å². The standard InChI is InChI=1S/C15H17N3S/c1-2-11-9-19-15(18-11)13(16)7-10-8-17-14-6-4-3-5-12(10)14/h3-6,8-9,13,17H,2,7,16H2,1H3. The molecule has 3 aromatic rings. The summed E-state index contributed by atoms with van der Waals surface area (Å²) in [5, 5.41) is 4.39. The number of hydrogen-bond acceptors (Lipinski definition) is 3. The van der Waals surface area contributed by atoms with Crippen LogP contribution < -0.4 is 5.73 Å². The summed E-state index contributed by atoms with van der Waals surface area (Å²) in [5.41, 5.74) is 9.84. The van der Waals surface area contributed by atoms with E-state index in [9.17, 15) is 0 Å². The number of H-pyrrole nitrogens is 1. The van der Waals surface area contributed by atoms with Crippen molar-refractivity contribution in [1.29, 1.82) is 0 Å². The van der Waals surface area contributed by atoms with Gasteiger partial charge in [0.15, 0.2) is 0 Å². The number of fused-ring (bicyclic) bond motifs is 1. The van der Waals surface area contributed by atoms with Gasteiger partial charge in [-0.1, -0.05) is 25.1 Å². The van der Waals surface area contributed by atoms with Crippen LogP contribution in [0.4, 0.5) is 0 Å². The van der Waals surface area contributed by atoms with E-state index >= 15 is 0 Å². The number of nitrogens with zero attached hydrogens (tertiary/aromatic N) is 1. The van der Waals surface area contributed by atoms with Crippen molar-refractivity contribution >= 4 is 22.2 Å².